The maximum atomic E-state index is 12.5. The predicted molar refractivity (Wildman–Crippen MR) is 116 cm³/mol. The first kappa shape index (κ1) is 21.3. The first-order valence-electron chi connectivity index (χ1n) is 9.80. The molecule has 0 bridgehead atoms. The number of amides is 1. The summed E-state index contributed by atoms with van der Waals surface area (Å²) in [6.45, 7) is 6.85. The Morgan fingerprint density at radius 3 is 2.45 bits per heavy atom. The second kappa shape index (κ2) is 8.16. The van der Waals surface area contributed by atoms with Crippen molar-refractivity contribution in [2.75, 3.05) is 18.5 Å². The number of sulfonamides is 1. The zero-order chi connectivity index (χ0) is 21.2. The molecule has 1 aliphatic heterocycles. The predicted octanol–water partition coefficient (Wildman–Crippen LogP) is 3.08. The molecular weight excluding hydrogens is 386 g/mol. The van der Waals surface area contributed by atoms with E-state index >= 15 is 0 Å². The summed E-state index contributed by atoms with van der Waals surface area (Å²) in [4.78, 5) is 14.9. The number of nitrogens with one attached hydrogen (secondary N) is 2. The van der Waals surface area contributed by atoms with E-state index < -0.39 is 15.6 Å². The third-order valence-corrected chi connectivity index (χ3v) is 6.59. The van der Waals surface area contributed by atoms with E-state index in [-0.39, 0.29) is 10.8 Å². The van der Waals surface area contributed by atoms with Crippen molar-refractivity contribution in [2.24, 2.45) is 0 Å². The van der Waals surface area contributed by atoms with Gasteiger partial charge in [0.05, 0.1) is 4.90 Å². The average Bonchev–Trinajstić information content (AvgIpc) is 2.64. The summed E-state index contributed by atoms with van der Waals surface area (Å²) in [6, 6.07) is 12.3. The molecule has 0 radical (unpaired) electrons. The van der Waals surface area contributed by atoms with Crippen molar-refractivity contribution in [3.05, 3.63) is 59.2 Å². The van der Waals surface area contributed by atoms with Gasteiger partial charge in [-0.3, -0.25) is 4.79 Å². The summed E-state index contributed by atoms with van der Waals surface area (Å²) in [6.07, 6.45) is 2.19. The van der Waals surface area contributed by atoms with Gasteiger partial charge in [-0.15, -0.1) is 0 Å². The van der Waals surface area contributed by atoms with Crippen LogP contribution in [-0.4, -0.2) is 33.5 Å². The normalized spacial score (nSPS) is 14.4. The van der Waals surface area contributed by atoms with E-state index in [4.69, 9.17) is 0 Å². The van der Waals surface area contributed by atoms with Gasteiger partial charge in [0.15, 0.2) is 0 Å². The number of carbonyl (C=O) groups excluding carboxylic acids is 1. The summed E-state index contributed by atoms with van der Waals surface area (Å²) >= 11 is 0. The van der Waals surface area contributed by atoms with Gasteiger partial charge in [-0.1, -0.05) is 12.1 Å². The summed E-state index contributed by atoms with van der Waals surface area (Å²) in [5, 5.41) is 2.91. The van der Waals surface area contributed by atoms with Crippen LogP contribution in [0.15, 0.2) is 47.4 Å². The summed E-state index contributed by atoms with van der Waals surface area (Å²) in [5.41, 5.74) is 3.48. The van der Waals surface area contributed by atoms with Gasteiger partial charge < -0.3 is 10.2 Å². The topological polar surface area (TPSA) is 78.5 Å². The highest BCUT2D eigenvalue weighted by atomic mass is 32.2. The molecule has 29 heavy (non-hydrogen) atoms. The lowest BCUT2D eigenvalue weighted by Crippen LogP contribution is -2.40. The molecule has 1 aliphatic rings. The van der Waals surface area contributed by atoms with Gasteiger partial charge in [-0.25, -0.2) is 13.1 Å². The van der Waals surface area contributed by atoms with Crippen LogP contribution in [-0.2, 0) is 23.0 Å². The van der Waals surface area contributed by atoms with Gasteiger partial charge >= 0.3 is 0 Å². The largest absolute Gasteiger partial charge is 0.374 e. The molecule has 0 aliphatic carbocycles. The molecule has 0 atom stereocenters. The molecule has 1 amide bonds. The highest BCUT2D eigenvalue weighted by Crippen LogP contribution is 2.26. The summed E-state index contributed by atoms with van der Waals surface area (Å²) < 4.78 is 27.3. The number of anilines is 1. The molecule has 2 aromatic carbocycles. The number of hydrogen-bond acceptors (Lipinski definition) is 4. The van der Waals surface area contributed by atoms with E-state index in [9.17, 15) is 13.2 Å². The lowest BCUT2D eigenvalue weighted by atomic mass is 9.99. The second-order valence-corrected chi connectivity index (χ2v) is 10.2. The Bertz CT molecular complexity index is 993. The lowest BCUT2D eigenvalue weighted by Gasteiger charge is -2.27. The number of aryl methyl sites for hydroxylation is 1. The van der Waals surface area contributed by atoms with Gasteiger partial charge in [0.1, 0.15) is 0 Å². The third-order valence-electron chi connectivity index (χ3n) is 4.82. The molecule has 0 unspecified atom stereocenters. The standard InChI is InChI=1S/C22H29N3O3S/c1-22(2,3)24-29(27,28)19-10-8-17(9-11-19)21(26)23-15-16-7-12-20-18(14-16)6-5-13-25(20)4/h7-12,14,24H,5-6,13,15H2,1-4H3,(H,23,26). The van der Waals surface area contributed by atoms with Crippen LogP contribution in [0.4, 0.5) is 5.69 Å². The van der Waals surface area contributed by atoms with E-state index in [0.29, 0.717) is 12.1 Å². The summed E-state index contributed by atoms with van der Waals surface area (Å²) in [5.74, 6) is -0.229. The monoisotopic (exact) mass is 415 g/mol. The van der Waals surface area contributed by atoms with Crippen molar-refractivity contribution in [1.82, 2.24) is 10.0 Å². The molecule has 2 aromatic rings. The number of hydrogen-bond donors (Lipinski definition) is 2. The molecule has 0 saturated heterocycles. The van der Waals surface area contributed by atoms with E-state index in [1.54, 1.807) is 20.8 Å². The van der Waals surface area contributed by atoms with Crippen LogP contribution < -0.4 is 14.9 Å². The molecule has 2 N–H and O–H groups in total. The van der Waals surface area contributed by atoms with Crippen LogP contribution >= 0.6 is 0 Å². The average molecular weight is 416 g/mol. The van der Waals surface area contributed by atoms with Crippen molar-refractivity contribution < 1.29 is 13.2 Å². The van der Waals surface area contributed by atoms with E-state index in [1.165, 1.54) is 35.5 Å². The van der Waals surface area contributed by atoms with E-state index in [0.717, 1.165) is 24.9 Å². The smallest absolute Gasteiger partial charge is 0.251 e. The van der Waals surface area contributed by atoms with Gasteiger partial charge in [-0.05, 0) is 75.1 Å². The molecule has 6 nitrogen and oxygen atoms in total. The highest BCUT2D eigenvalue weighted by Gasteiger charge is 2.22. The fourth-order valence-electron chi connectivity index (χ4n) is 3.48. The maximum absolute atomic E-state index is 12.5. The van der Waals surface area contributed by atoms with Gasteiger partial charge in [-0.2, -0.15) is 0 Å². The van der Waals surface area contributed by atoms with Crippen LogP contribution in [0.1, 0.15) is 48.7 Å². The van der Waals surface area contributed by atoms with E-state index in [2.05, 4.69) is 34.1 Å². The molecular formula is C22H29N3O3S. The number of rotatable bonds is 5. The number of benzene rings is 2. The molecule has 7 heteroatoms. The first-order chi connectivity index (χ1) is 13.5. The summed E-state index contributed by atoms with van der Waals surface area (Å²) in [7, 11) is -1.52. The van der Waals surface area contributed by atoms with Crippen molar-refractivity contribution in [3.63, 3.8) is 0 Å². The van der Waals surface area contributed by atoms with Crippen molar-refractivity contribution >= 4 is 21.6 Å². The quantitative estimate of drug-likeness (QED) is 0.787. The number of nitrogens with zero attached hydrogens (tertiary/aromatic N) is 1. The molecule has 0 spiro atoms. The highest BCUT2D eigenvalue weighted by molar-refractivity contribution is 7.89. The molecule has 156 valence electrons. The first-order valence-corrected chi connectivity index (χ1v) is 11.3. The van der Waals surface area contributed by atoms with Crippen molar-refractivity contribution in [1.29, 1.82) is 0 Å². The minimum absolute atomic E-state index is 0.141. The fourth-order valence-corrected chi connectivity index (χ4v) is 4.90. The Hall–Kier alpha value is -2.38. The number of carbonyl (C=O) groups is 1. The SMILES string of the molecule is CN1CCCc2cc(CNC(=O)c3ccc(S(=O)(=O)NC(C)(C)C)cc3)ccc21. The minimum Gasteiger partial charge on any atom is -0.374 e. The third kappa shape index (κ3) is 5.36. The molecule has 3 rings (SSSR count). The number of fused-ring (bicyclic) bond motifs is 1. The van der Waals surface area contributed by atoms with Crippen LogP contribution in [0.2, 0.25) is 0 Å². The Morgan fingerprint density at radius 1 is 1.10 bits per heavy atom. The van der Waals surface area contributed by atoms with Crippen molar-refractivity contribution in [2.45, 2.75) is 50.6 Å². The lowest BCUT2D eigenvalue weighted by molar-refractivity contribution is 0.0951. The fraction of sp³-hybridized carbons (Fsp3) is 0.409. The second-order valence-electron chi connectivity index (χ2n) is 8.55. The van der Waals surface area contributed by atoms with E-state index in [1.807, 2.05) is 6.07 Å². The van der Waals surface area contributed by atoms with Crippen LogP contribution in [0.3, 0.4) is 0 Å². The molecule has 1 heterocycles. The van der Waals surface area contributed by atoms with Crippen molar-refractivity contribution in [3.8, 4) is 0 Å². The van der Waals surface area contributed by atoms with Crippen LogP contribution in [0, 0.1) is 0 Å². The zero-order valence-electron chi connectivity index (χ0n) is 17.5. The van der Waals surface area contributed by atoms with Gasteiger partial charge in [0.2, 0.25) is 10.0 Å². The Kier molecular flexibility index (Phi) is 6.00. The van der Waals surface area contributed by atoms with Crippen LogP contribution in [0.5, 0.6) is 0 Å². The Labute approximate surface area is 173 Å². The zero-order valence-corrected chi connectivity index (χ0v) is 18.3. The molecule has 0 aromatic heterocycles. The van der Waals surface area contributed by atoms with Crippen LogP contribution in [0.25, 0.3) is 0 Å². The Balaban J connectivity index is 1.64. The maximum Gasteiger partial charge on any atom is 0.251 e. The van der Waals surface area contributed by atoms with Gasteiger partial charge in [0.25, 0.3) is 5.91 Å². The Morgan fingerprint density at radius 2 is 1.79 bits per heavy atom. The molecule has 0 saturated carbocycles. The minimum atomic E-state index is -3.61. The molecule has 0 fully saturated rings. The van der Waals surface area contributed by atoms with Gasteiger partial charge in [0, 0.05) is 36.9 Å².